The van der Waals surface area contributed by atoms with Crippen molar-refractivity contribution < 1.29 is 9.59 Å². The van der Waals surface area contributed by atoms with Crippen LogP contribution in [0.15, 0.2) is 24.3 Å². The minimum atomic E-state index is -0.348. The van der Waals surface area contributed by atoms with Crippen LogP contribution >= 0.6 is 0 Å². The van der Waals surface area contributed by atoms with Crippen molar-refractivity contribution >= 4 is 11.6 Å². The van der Waals surface area contributed by atoms with Crippen molar-refractivity contribution in [3.63, 3.8) is 0 Å². The fraction of sp³-hybridized carbons (Fsp3) is 0.750. The van der Waals surface area contributed by atoms with E-state index in [2.05, 4.69) is 38.1 Å². The Kier molecular flexibility index (Phi) is 11.9. The highest BCUT2D eigenvalue weighted by molar-refractivity contribution is 6.03. The van der Waals surface area contributed by atoms with Gasteiger partial charge in [0.2, 0.25) is 0 Å². The zero-order valence-corrected chi connectivity index (χ0v) is 22.2. The van der Waals surface area contributed by atoms with Gasteiger partial charge in [0.05, 0.1) is 5.92 Å². The summed E-state index contributed by atoms with van der Waals surface area (Å²) in [7, 11) is 0. The first kappa shape index (κ1) is 27.2. The Morgan fingerprint density at radius 3 is 2.00 bits per heavy atom. The maximum atomic E-state index is 12.9. The molecule has 0 heterocycles. The van der Waals surface area contributed by atoms with Gasteiger partial charge < -0.3 is 0 Å². The van der Waals surface area contributed by atoms with Crippen LogP contribution in [-0.4, -0.2) is 11.6 Å². The molecule has 0 saturated heterocycles. The second-order valence-corrected chi connectivity index (χ2v) is 11.5. The molecule has 34 heavy (non-hydrogen) atoms. The summed E-state index contributed by atoms with van der Waals surface area (Å²) in [6.45, 7) is 4.50. The van der Waals surface area contributed by atoms with Gasteiger partial charge >= 0.3 is 0 Å². The van der Waals surface area contributed by atoms with E-state index in [9.17, 15) is 9.59 Å². The molecule has 2 aliphatic carbocycles. The van der Waals surface area contributed by atoms with Crippen LogP contribution in [0, 0.1) is 17.8 Å². The van der Waals surface area contributed by atoms with Crippen molar-refractivity contribution in [2.75, 3.05) is 0 Å². The lowest BCUT2D eigenvalue weighted by Crippen LogP contribution is -2.32. The average molecular weight is 467 g/mol. The van der Waals surface area contributed by atoms with E-state index >= 15 is 0 Å². The Morgan fingerprint density at radius 1 is 0.735 bits per heavy atom. The zero-order chi connectivity index (χ0) is 24.2. The standard InChI is InChI=1S/C32H50O2/c1-3-5-7-8-10-11-25-13-18-28(19-14-25)29-20-15-27(16-21-29)24-32(34)30-22-17-26(23-31(30)33)12-9-6-4-2/h15-16,20-21,25-26,28,30H,3-14,17-19,22-24H2,1-2H3/t25-,26?,28-,30?. The van der Waals surface area contributed by atoms with Crippen molar-refractivity contribution in [3.8, 4) is 0 Å². The van der Waals surface area contributed by atoms with E-state index in [0.717, 1.165) is 30.7 Å². The molecule has 0 amide bonds. The second-order valence-electron chi connectivity index (χ2n) is 11.5. The largest absolute Gasteiger partial charge is 0.299 e. The number of benzene rings is 1. The Bertz CT molecular complexity index is 726. The van der Waals surface area contributed by atoms with Crippen molar-refractivity contribution in [2.24, 2.45) is 17.8 Å². The van der Waals surface area contributed by atoms with Crippen LogP contribution in [0.3, 0.4) is 0 Å². The highest BCUT2D eigenvalue weighted by Gasteiger charge is 2.33. The highest BCUT2D eigenvalue weighted by atomic mass is 16.1. The monoisotopic (exact) mass is 466 g/mol. The smallest absolute Gasteiger partial charge is 0.147 e. The van der Waals surface area contributed by atoms with Crippen LogP contribution in [0.25, 0.3) is 0 Å². The number of ketones is 2. The molecule has 1 aromatic rings. The lowest BCUT2D eigenvalue weighted by Gasteiger charge is -2.29. The number of Topliss-reactive ketones (excluding diaryl/α,β-unsaturated/α-hetero) is 2. The summed E-state index contributed by atoms with van der Waals surface area (Å²) in [5, 5.41) is 0. The van der Waals surface area contributed by atoms with Gasteiger partial charge in [-0.05, 0) is 67.4 Å². The molecule has 1 aromatic carbocycles. The van der Waals surface area contributed by atoms with Crippen molar-refractivity contribution in [1.29, 1.82) is 0 Å². The quantitative estimate of drug-likeness (QED) is 0.202. The van der Waals surface area contributed by atoms with Crippen LogP contribution in [0.5, 0.6) is 0 Å². The second kappa shape index (κ2) is 14.8. The van der Waals surface area contributed by atoms with Gasteiger partial charge in [-0.2, -0.15) is 0 Å². The summed E-state index contributed by atoms with van der Waals surface area (Å²) in [5.41, 5.74) is 2.52. The van der Waals surface area contributed by atoms with E-state index in [1.54, 1.807) is 0 Å². The Labute approximate surface area is 209 Å². The third kappa shape index (κ3) is 8.65. The molecular weight excluding hydrogens is 416 g/mol. The SMILES string of the molecule is CCCCCCC[C@H]1CC[C@H](c2ccc(CC(=O)C3CCC(CCCCC)CC3=O)cc2)CC1. The average Bonchev–Trinajstić information content (AvgIpc) is 2.85. The molecule has 2 atom stereocenters. The fourth-order valence-corrected chi connectivity index (χ4v) is 6.42. The lowest BCUT2D eigenvalue weighted by atomic mass is 9.76. The van der Waals surface area contributed by atoms with E-state index in [0.29, 0.717) is 24.7 Å². The van der Waals surface area contributed by atoms with Crippen LogP contribution < -0.4 is 0 Å². The summed E-state index contributed by atoms with van der Waals surface area (Å²) in [4.78, 5) is 25.5. The minimum absolute atomic E-state index is 0.143. The summed E-state index contributed by atoms with van der Waals surface area (Å²) < 4.78 is 0. The molecule has 2 nitrogen and oxygen atoms in total. The number of hydrogen-bond acceptors (Lipinski definition) is 2. The topological polar surface area (TPSA) is 34.1 Å². The first-order chi connectivity index (χ1) is 16.6. The first-order valence-corrected chi connectivity index (χ1v) is 14.7. The maximum absolute atomic E-state index is 12.9. The summed E-state index contributed by atoms with van der Waals surface area (Å²) in [5.74, 6) is 2.14. The number of carbonyl (C=O) groups is 2. The molecule has 2 aliphatic rings. The van der Waals surface area contributed by atoms with Gasteiger partial charge in [0.25, 0.3) is 0 Å². The number of rotatable bonds is 14. The van der Waals surface area contributed by atoms with Crippen molar-refractivity contribution in [1.82, 2.24) is 0 Å². The lowest BCUT2D eigenvalue weighted by molar-refractivity contribution is -0.135. The Balaban J connectivity index is 1.39. The molecule has 190 valence electrons. The molecule has 2 fully saturated rings. The minimum Gasteiger partial charge on any atom is -0.299 e. The van der Waals surface area contributed by atoms with Gasteiger partial charge in [-0.25, -0.2) is 0 Å². The van der Waals surface area contributed by atoms with Gasteiger partial charge in [0, 0.05) is 12.8 Å². The molecule has 0 aromatic heterocycles. The predicted octanol–water partition coefficient (Wildman–Crippen LogP) is 9.00. The molecule has 3 rings (SSSR count). The van der Waals surface area contributed by atoms with Crippen LogP contribution in [0.4, 0.5) is 0 Å². The molecule has 0 N–H and O–H groups in total. The molecule has 0 radical (unpaired) electrons. The normalized spacial score (nSPS) is 25.4. The number of hydrogen-bond donors (Lipinski definition) is 0. The number of carbonyl (C=O) groups excluding carboxylic acids is 2. The van der Waals surface area contributed by atoms with E-state index in [4.69, 9.17) is 0 Å². The maximum Gasteiger partial charge on any atom is 0.147 e. The highest BCUT2D eigenvalue weighted by Crippen LogP contribution is 2.38. The van der Waals surface area contributed by atoms with E-state index in [-0.39, 0.29) is 17.5 Å². The first-order valence-electron chi connectivity index (χ1n) is 14.7. The van der Waals surface area contributed by atoms with Gasteiger partial charge in [-0.3, -0.25) is 9.59 Å². The van der Waals surface area contributed by atoms with Gasteiger partial charge in [-0.1, -0.05) is 102 Å². The van der Waals surface area contributed by atoms with E-state index in [1.807, 2.05) is 0 Å². The van der Waals surface area contributed by atoms with Crippen LogP contribution in [0.2, 0.25) is 0 Å². The van der Waals surface area contributed by atoms with Crippen LogP contribution in [-0.2, 0) is 16.0 Å². The Hall–Kier alpha value is -1.44. The third-order valence-corrected chi connectivity index (χ3v) is 8.74. The van der Waals surface area contributed by atoms with Crippen molar-refractivity contribution in [3.05, 3.63) is 35.4 Å². The third-order valence-electron chi connectivity index (χ3n) is 8.74. The molecule has 0 bridgehead atoms. The summed E-state index contributed by atoms with van der Waals surface area (Å²) >= 11 is 0. The molecule has 2 saturated carbocycles. The summed E-state index contributed by atoms with van der Waals surface area (Å²) in [6, 6.07) is 8.80. The van der Waals surface area contributed by atoms with Gasteiger partial charge in [0.1, 0.15) is 11.6 Å². The van der Waals surface area contributed by atoms with E-state index in [1.165, 1.54) is 89.0 Å². The zero-order valence-electron chi connectivity index (χ0n) is 22.2. The number of unbranched alkanes of at least 4 members (excludes halogenated alkanes) is 6. The fourth-order valence-electron chi connectivity index (χ4n) is 6.42. The molecule has 0 aliphatic heterocycles. The molecule has 0 spiro atoms. The predicted molar refractivity (Wildman–Crippen MR) is 143 cm³/mol. The van der Waals surface area contributed by atoms with Crippen LogP contribution in [0.1, 0.15) is 140 Å². The Morgan fingerprint density at radius 2 is 1.32 bits per heavy atom. The van der Waals surface area contributed by atoms with Crippen molar-refractivity contribution in [2.45, 2.75) is 135 Å². The van der Waals surface area contributed by atoms with E-state index < -0.39 is 0 Å². The van der Waals surface area contributed by atoms with Gasteiger partial charge in [-0.15, -0.1) is 0 Å². The molecule has 2 unspecified atom stereocenters. The molecular formula is C32H50O2. The summed E-state index contributed by atoms with van der Waals surface area (Å²) in [6.07, 6.45) is 21.5. The van der Waals surface area contributed by atoms with Gasteiger partial charge in [0.15, 0.2) is 0 Å². The molecule has 2 heteroatoms.